The molecule has 1 aliphatic heterocycles. The number of rotatable bonds is 10. The van der Waals surface area contributed by atoms with Gasteiger partial charge in [0, 0.05) is 47.8 Å². The zero-order chi connectivity index (χ0) is 31.8. The highest BCUT2D eigenvalue weighted by molar-refractivity contribution is 6.30. The van der Waals surface area contributed by atoms with Gasteiger partial charge in [-0.3, -0.25) is 4.79 Å². The summed E-state index contributed by atoms with van der Waals surface area (Å²) in [6.07, 6.45) is 0.0993. The van der Waals surface area contributed by atoms with Gasteiger partial charge in [-0.15, -0.1) is 0 Å². The van der Waals surface area contributed by atoms with E-state index in [1.54, 1.807) is 92.2 Å². The molecule has 1 heterocycles. The lowest BCUT2D eigenvalue weighted by atomic mass is 9.93. The molecule has 1 atom stereocenters. The molecule has 3 aromatic carbocycles. The molecule has 3 aromatic rings. The van der Waals surface area contributed by atoms with Crippen molar-refractivity contribution in [3.63, 3.8) is 0 Å². The number of nitrogens with one attached hydrogen (secondary N) is 3. The average Bonchev–Trinajstić information content (AvgIpc) is 2.98. The van der Waals surface area contributed by atoms with Crippen LogP contribution in [-0.4, -0.2) is 60.0 Å². The minimum absolute atomic E-state index is 0.211. The summed E-state index contributed by atoms with van der Waals surface area (Å²) >= 11 is 6.28. The highest BCUT2D eigenvalue weighted by atomic mass is 35.5. The second-order valence-electron chi connectivity index (χ2n) is 10.7. The topological polar surface area (TPSA) is 120 Å². The number of esters is 1. The zero-order valence-electron chi connectivity index (χ0n) is 25.1. The number of carbonyl (C=O) groups excluding carboxylic acids is 4. The molecule has 3 N–H and O–H groups in total. The number of halogens is 1. The van der Waals surface area contributed by atoms with Gasteiger partial charge in [0.25, 0.3) is 5.91 Å². The third-order valence-electron chi connectivity index (χ3n) is 6.93. The van der Waals surface area contributed by atoms with Crippen molar-refractivity contribution < 1.29 is 23.9 Å². The van der Waals surface area contributed by atoms with Gasteiger partial charge in [-0.2, -0.15) is 0 Å². The van der Waals surface area contributed by atoms with E-state index < -0.39 is 18.0 Å². The van der Waals surface area contributed by atoms with Crippen LogP contribution in [0.5, 0.6) is 0 Å². The van der Waals surface area contributed by atoms with Gasteiger partial charge in [-0.1, -0.05) is 41.9 Å². The van der Waals surface area contributed by atoms with Gasteiger partial charge in [0.15, 0.2) is 0 Å². The van der Waals surface area contributed by atoms with Crippen LogP contribution in [-0.2, 0) is 9.53 Å². The second kappa shape index (κ2) is 14.6. The number of amides is 5. The first-order chi connectivity index (χ1) is 21.0. The van der Waals surface area contributed by atoms with Crippen LogP contribution in [0.4, 0.5) is 21.0 Å². The molecule has 0 aliphatic carbocycles. The molecular weight excluding hydrogens is 582 g/mol. The third-order valence-corrected chi connectivity index (χ3v) is 7.17. The molecule has 1 unspecified atom stereocenters. The largest absolute Gasteiger partial charge is 0.459 e. The smallest absolute Gasteiger partial charge is 0.338 e. The summed E-state index contributed by atoms with van der Waals surface area (Å²) in [6.45, 7) is 5.80. The molecule has 0 bridgehead atoms. The summed E-state index contributed by atoms with van der Waals surface area (Å²) < 4.78 is 5.52. The predicted octanol–water partition coefficient (Wildman–Crippen LogP) is 6.44. The van der Waals surface area contributed by atoms with Gasteiger partial charge >= 0.3 is 18.0 Å². The number of nitrogens with zero attached hydrogens (tertiary/aromatic N) is 2. The Hall–Kier alpha value is -4.83. The molecule has 0 saturated heterocycles. The molecule has 10 nitrogen and oxygen atoms in total. The summed E-state index contributed by atoms with van der Waals surface area (Å²) in [7, 11) is 1.68. The molecule has 11 heteroatoms. The lowest BCUT2D eigenvalue weighted by Gasteiger charge is -2.38. The zero-order valence-corrected chi connectivity index (χ0v) is 25.9. The molecule has 1 aliphatic rings. The van der Waals surface area contributed by atoms with Crippen molar-refractivity contribution in [2.45, 2.75) is 39.3 Å². The van der Waals surface area contributed by atoms with Crippen LogP contribution < -0.4 is 16.0 Å². The Kier molecular flexibility index (Phi) is 10.6. The Balaban J connectivity index is 1.40. The number of para-hydroxylation sites is 1. The molecule has 0 saturated carbocycles. The highest BCUT2D eigenvalue weighted by Gasteiger charge is 2.38. The SMILES string of the molecule is CC1=C(C(=O)OC(C)C)C(c2cccc(Cl)c2)N(CCCN(C)C(=O)c2ccc(NC(=O)Nc3ccccc3)cc2)C(=O)N1. The van der Waals surface area contributed by atoms with Crippen molar-refractivity contribution in [1.82, 2.24) is 15.1 Å². The molecule has 0 spiro atoms. The van der Waals surface area contributed by atoms with Gasteiger partial charge in [0.1, 0.15) is 0 Å². The maximum Gasteiger partial charge on any atom is 0.338 e. The van der Waals surface area contributed by atoms with Crippen LogP contribution in [0.3, 0.4) is 0 Å². The maximum atomic E-state index is 13.2. The van der Waals surface area contributed by atoms with Crippen LogP contribution >= 0.6 is 11.6 Å². The molecule has 0 fully saturated rings. The number of allylic oxidation sites excluding steroid dienone is 1. The maximum absolute atomic E-state index is 13.2. The Morgan fingerprint density at radius 1 is 0.977 bits per heavy atom. The van der Waals surface area contributed by atoms with Crippen molar-refractivity contribution in [2.75, 3.05) is 30.8 Å². The van der Waals surface area contributed by atoms with Crippen LogP contribution in [0.25, 0.3) is 0 Å². The minimum Gasteiger partial charge on any atom is -0.459 e. The number of hydrogen-bond donors (Lipinski definition) is 3. The van der Waals surface area contributed by atoms with E-state index in [4.69, 9.17) is 16.3 Å². The van der Waals surface area contributed by atoms with E-state index in [0.717, 1.165) is 0 Å². The van der Waals surface area contributed by atoms with E-state index in [1.807, 2.05) is 24.3 Å². The Labute approximate surface area is 262 Å². The molecule has 4 rings (SSSR count). The third kappa shape index (κ3) is 8.17. The Morgan fingerprint density at radius 3 is 2.27 bits per heavy atom. The van der Waals surface area contributed by atoms with Crippen LogP contribution in [0.2, 0.25) is 5.02 Å². The van der Waals surface area contributed by atoms with Crippen molar-refractivity contribution >= 4 is 46.9 Å². The molecule has 0 radical (unpaired) electrons. The lowest BCUT2D eigenvalue weighted by molar-refractivity contribution is -0.143. The van der Waals surface area contributed by atoms with Gasteiger partial charge in [-0.25, -0.2) is 14.4 Å². The van der Waals surface area contributed by atoms with E-state index in [9.17, 15) is 19.2 Å². The number of ether oxygens (including phenoxy) is 1. The Bertz CT molecular complexity index is 1540. The summed E-state index contributed by atoms with van der Waals surface area (Å²) in [5.74, 6) is -0.730. The first-order valence-electron chi connectivity index (χ1n) is 14.3. The monoisotopic (exact) mass is 617 g/mol. The fourth-order valence-electron chi connectivity index (χ4n) is 4.89. The van der Waals surface area contributed by atoms with Crippen molar-refractivity contribution in [2.24, 2.45) is 0 Å². The first kappa shape index (κ1) is 32.1. The molecule has 44 heavy (non-hydrogen) atoms. The number of carbonyl (C=O) groups is 4. The predicted molar refractivity (Wildman–Crippen MR) is 170 cm³/mol. The van der Waals surface area contributed by atoms with Crippen LogP contribution in [0.15, 0.2) is 90.1 Å². The molecular formula is C33H36ClN5O5. The van der Waals surface area contributed by atoms with Crippen LogP contribution in [0.1, 0.15) is 49.2 Å². The van der Waals surface area contributed by atoms with Crippen molar-refractivity contribution in [3.05, 3.63) is 106 Å². The average molecular weight is 618 g/mol. The van der Waals surface area contributed by atoms with E-state index in [-0.39, 0.29) is 24.6 Å². The van der Waals surface area contributed by atoms with Gasteiger partial charge in [-0.05, 0) is 81.3 Å². The van der Waals surface area contributed by atoms with Gasteiger partial charge in [0.05, 0.1) is 17.7 Å². The van der Waals surface area contributed by atoms with Gasteiger partial charge < -0.3 is 30.5 Å². The lowest BCUT2D eigenvalue weighted by Crippen LogP contribution is -2.49. The summed E-state index contributed by atoms with van der Waals surface area (Å²) in [4.78, 5) is 54.9. The minimum atomic E-state index is -0.714. The summed E-state index contributed by atoms with van der Waals surface area (Å²) in [5, 5.41) is 8.75. The number of hydrogen-bond acceptors (Lipinski definition) is 5. The standard InChI is InChI=1S/C33H36ClN5O5/c1-21(2)44-31(41)28-22(3)35-33(43)39(29(28)24-10-8-11-25(34)20-24)19-9-18-38(4)30(40)23-14-16-27(17-15-23)37-32(42)36-26-12-6-5-7-13-26/h5-8,10-17,20-21,29H,9,18-19H2,1-4H3,(H,35,43)(H2,36,37,42). The first-order valence-corrected chi connectivity index (χ1v) is 14.6. The number of benzene rings is 3. The fourth-order valence-corrected chi connectivity index (χ4v) is 5.08. The molecule has 0 aromatic heterocycles. The second-order valence-corrected chi connectivity index (χ2v) is 11.1. The quantitative estimate of drug-likeness (QED) is 0.226. The van der Waals surface area contributed by atoms with Crippen molar-refractivity contribution in [3.8, 4) is 0 Å². The van der Waals surface area contributed by atoms with Gasteiger partial charge in [0.2, 0.25) is 0 Å². The molecule has 230 valence electrons. The highest BCUT2D eigenvalue weighted by Crippen LogP contribution is 2.35. The van der Waals surface area contributed by atoms with E-state index in [2.05, 4.69) is 16.0 Å². The Morgan fingerprint density at radius 2 is 1.64 bits per heavy atom. The summed E-state index contributed by atoms with van der Waals surface area (Å²) in [6, 6.07) is 21.3. The normalized spacial score (nSPS) is 14.6. The van der Waals surface area contributed by atoms with Crippen molar-refractivity contribution in [1.29, 1.82) is 0 Å². The van der Waals surface area contributed by atoms with Crippen LogP contribution in [0, 0.1) is 0 Å². The fraction of sp³-hybridized carbons (Fsp3) is 0.273. The number of anilines is 2. The van der Waals surface area contributed by atoms with E-state index in [0.29, 0.717) is 51.8 Å². The number of urea groups is 2. The molecule has 5 amide bonds. The summed E-state index contributed by atoms with van der Waals surface area (Å²) in [5.41, 5.74) is 3.08. The van der Waals surface area contributed by atoms with E-state index >= 15 is 0 Å². The van der Waals surface area contributed by atoms with E-state index in [1.165, 1.54) is 0 Å².